The zero-order chi connectivity index (χ0) is 24.1. The number of esters is 1. The van der Waals surface area contributed by atoms with Crippen molar-refractivity contribution in [2.45, 2.75) is 31.1 Å². The lowest BCUT2D eigenvalue weighted by atomic mass is 9.96. The molecule has 2 aromatic carbocycles. The van der Waals surface area contributed by atoms with E-state index in [1.165, 1.54) is 13.2 Å². The fourth-order valence-electron chi connectivity index (χ4n) is 4.12. The predicted molar refractivity (Wildman–Crippen MR) is 120 cm³/mol. The van der Waals surface area contributed by atoms with Crippen molar-refractivity contribution in [2.24, 2.45) is 0 Å². The van der Waals surface area contributed by atoms with E-state index in [1.807, 2.05) is 6.07 Å². The van der Waals surface area contributed by atoms with Gasteiger partial charge in [0.1, 0.15) is 18.0 Å². The first-order valence-corrected chi connectivity index (χ1v) is 11.1. The van der Waals surface area contributed by atoms with Gasteiger partial charge in [0.2, 0.25) is 0 Å². The largest absolute Gasteiger partial charge is 0.451 e. The topological polar surface area (TPSA) is 110 Å². The second-order valence-corrected chi connectivity index (χ2v) is 8.27. The summed E-state index contributed by atoms with van der Waals surface area (Å²) < 4.78 is 30.9. The normalized spacial score (nSPS) is 20.6. The van der Waals surface area contributed by atoms with Crippen molar-refractivity contribution in [1.82, 2.24) is 10.6 Å². The molecular weight excluding hydrogens is 441 g/mol. The maximum atomic E-state index is 15.0. The molecule has 1 saturated heterocycles. The van der Waals surface area contributed by atoms with Gasteiger partial charge >= 0.3 is 5.97 Å². The van der Waals surface area contributed by atoms with E-state index in [0.29, 0.717) is 35.4 Å². The lowest BCUT2D eigenvalue weighted by Gasteiger charge is -2.18. The van der Waals surface area contributed by atoms with Crippen molar-refractivity contribution >= 4 is 11.9 Å². The van der Waals surface area contributed by atoms with Crippen LogP contribution in [0.1, 0.15) is 34.0 Å². The maximum Gasteiger partial charge on any atom is 0.339 e. The maximum absolute atomic E-state index is 15.0. The Balaban J connectivity index is 1.47. The Hall–Kier alpha value is -3.32. The van der Waals surface area contributed by atoms with Gasteiger partial charge in [0.05, 0.1) is 18.2 Å². The highest BCUT2D eigenvalue weighted by atomic mass is 19.1. The van der Waals surface area contributed by atoms with Crippen molar-refractivity contribution < 1.29 is 28.2 Å². The van der Waals surface area contributed by atoms with Gasteiger partial charge in [-0.1, -0.05) is 18.2 Å². The van der Waals surface area contributed by atoms with Gasteiger partial charge in [0, 0.05) is 32.2 Å². The molecule has 2 N–H and O–H groups in total. The molecule has 2 aromatic rings. The van der Waals surface area contributed by atoms with Gasteiger partial charge in [-0.2, -0.15) is 5.26 Å². The van der Waals surface area contributed by atoms with Crippen LogP contribution < -0.4 is 10.6 Å². The van der Waals surface area contributed by atoms with Crippen LogP contribution in [0.15, 0.2) is 36.4 Å². The summed E-state index contributed by atoms with van der Waals surface area (Å²) in [4.78, 5) is 24.5. The summed E-state index contributed by atoms with van der Waals surface area (Å²) in [6.45, 7) is 1.84. The molecule has 1 unspecified atom stereocenters. The Labute approximate surface area is 197 Å². The number of hydrogen-bond donors (Lipinski definition) is 2. The minimum Gasteiger partial charge on any atom is -0.451 e. The highest BCUT2D eigenvalue weighted by Crippen LogP contribution is 2.34. The van der Waals surface area contributed by atoms with Crippen LogP contribution in [-0.4, -0.2) is 57.4 Å². The number of benzene rings is 2. The number of ether oxygens (including phenoxy) is 3. The second-order valence-electron chi connectivity index (χ2n) is 8.27. The fraction of sp³-hybridized carbons (Fsp3) is 0.400. The zero-order valence-corrected chi connectivity index (χ0v) is 18.8. The Bertz CT molecular complexity index is 1110. The summed E-state index contributed by atoms with van der Waals surface area (Å²) in [5, 5.41) is 15.3. The summed E-state index contributed by atoms with van der Waals surface area (Å²) in [5.74, 6) is -1.28. The van der Waals surface area contributed by atoms with E-state index in [4.69, 9.17) is 14.2 Å². The smallest absolute Gasteiger partial charge is 0.339 e. The lowest BCUT2D eigenvalue weighted by Crippen LogP contribution is -2.46. The van der Waals surface area contributed by atoms with Crippen LogP contribution in [0.4, 0.5) is 4.39 Å². The first-order chi connectivity index (χ1) is 16.5. The average molecular weight is 467 g/mol. The minimum absolute atomic E-state index is 0.0247. The van der Waals surface area contributed by atoms with Crippen molar-refractivity contribution in [3.63, 3.8) is 0 Å². The standard InChI is InChI=1S/C25H26FN3O5/c1-32-14-23-20-10-15(5-6-19(20)25(31)34-23)16-3-4-17(21(26)11-16)9-18(12-27)29-24(30)22-13-28-7-2-8-33-22/h3-6,10-11,18,22-23,28H,2,7-9,13-14H2,1H3,(H,29,30)/t18-,22-,23?/m0/s1. The van der Waals surface area contributed by atoms with E-state index in [2.05, 4.69) is 10.6 Å². The van der Waals surface area contributed by atoms with Gasteiger partial charge < -0.3 is 24.8 Å². The van der Waals surface area contributed by atoms with Crippen molar-refractivity contribution in [3.8, 4) is 17.2 Å². The van der Waals surface area contributed by atoms with Gasteiger partial charge in [-0.05, 0) is 47.9 Å². The highest BCUT2D eigenvalue weighted by molar-refractivity contribution is 5.95. The zero-order valence-electron chi connectivity index (χ0n) is 18.8. The number of rotatable bonds is 7. The molecule has 34 heavy (non-hydrogen) atoms. The number of nitrogens with one attached hydrogen (secondary N) is 2. The van der Waals surface area contributed by atoms with E-state index >= 15 is 0 Å². The molecule has 2 aliphatic heterocycles. The summed E-state index contributed by atoms with van der Waals surface area (Å²) in [5.41, 5.74) is 2.84. The first kappa shape index (κ1) is 23.8. The van der Waals surface area contributed by atoms with Crippen LogP contribution in [0, 0.1) is 17.1 Å². The second kappa shape index (κ2) is 10.7. The van der Waals surface area contributed by atoms with Gasteiger partial charge in [0.15, 0.2) is 6.10 Å². The number of carbonyl (C=O) groups is 2. The highest BCUT2D eigenvalue weighted by Gasteiger charge is 2.31. The van der Waals surface area contributed by atoms with E-state index in [0.717, 1.165) is 18.5 Å². The summed E-state index contributed by atoms with van der Waals surface area (Å²) in [6.07, 6.45) is -0.340. The van der Waals surface area contributed by atoms with Gasteiger partial charge in [-0.3, -0.25) is 4.79 Å². The number of nitriles is 1. The quantitative estimate of drug-likeness (QED) is 0.601. The number of hydrogen-bond acceptors (Lipinski definition) is 7. The number of cyclic esters (lactones) is 1. The summed E-state index contributed by atoms with van der Waals surface area (Å²) in [6, 6.07) is 11.1. The SMILES string of the molecule is COCC1OC(=O)c2ccc(-c3ccc(C[C@@H](C#N)NC(=O)[C@@H]4CNCCCO4)c(F)c3)cc21. The number of fused-ring (bicyclic) bond motifs is 1. The van der Waals surface area contributed by atoms with Crippen molar-refractivity contribution in [2.75, 3.05) is 33.4 Å². The van der Waals surface area contributed by atoms with E-state index in [-0.39, 0.29) is 13.0 Å². The summed E-state index contributed by atoms with van der Waals surface area (Å²) >= 11 is 0. The Morgan fingerprint density at radius 2 is 2.12 bits per heavy atom. The molecule has 1 fully saturated rings. The molecule has 8 nitrogen and oxygen atoms in total. The van der Waals surface area contributed by atoms with Crippen LogP contribution in [0.25, 0.3) is 11.1 Å². The van der Waals surface area contributed by atoms with E-state index in [9.17, 15) is 19.2 Å². The average Bonchev–Trinajstić information content (AvgIpc) is 3.00. The van der Waals surface area contributed by atoms with Crippen LogP contribution in [0.3, 0.4) is 0 Å². The molecule has 3 atom stereocenters. The predicted octanol–water partition coefficient (Wildman–Crippen LogP) is 2.28. The lowest BCUT2D eigenvalue weighted by molar-refractivity contribution is -0.132. The van der Waals surface area contributed by atoms with Crippen LogP contribution in [0.2, 0.25) is 0 Å². The number of nitrogens with zero attached hydrogens (tertiary/aromatic N) is 1. The molecule has 0 spiro atoms. The Morgan fingerprint density at radius 1 is 1.32 bits per heavy atom. The molecule has 0 saturated carbocycles. The molecule has 0 aliphatic carbocycles. The number of amides is 1. The molecule has 2 aliphatic rings. The third-order valence-corrected chi connectivity index (χ3v) is 5.91. The number of methoxy groups -OCH3 is 1. The Kier molecular flexibility index (Phi) is 7.53. The first-order valence-electron chi connectivity index (χ1n) is 11.1. The molecule has 0 bridgehead atoms. The third kappa shape index (κ3) is 5.25. The molecule has 1 amide bonds. The van der Waals surface area contributed by atoms with Crippen LogP contribution in [-0.2, 0) is 25.4 Å². The molecule has 0 radical (unpaired) electrons. The molecule has 9 heteroatoms. The number of carbonyl (C=O) groups excluding carboxylic acids is 2. The van der Waals surface area contributed by atoms with Gasteiger partial charge in [-0.15, -0.1) is 0 Å². The fourth-order valence-corrected chi connectivity index (χ4v) is 4.12. The molecule has 0 aromatic heterocycles. The van der Waals surface area contributed by atoms with E-state index < -0.39 is 35.9 Å². The van der Waals surface area contributed by atoms with E-state index in [1.54, 1.807) is 30.3 Å². The molecule has 4 rings (SSSR count). The number of halogens is 1. The minimum atomic E-state index is -0.891. The third-order valence-electron chi connectivity index (χ3n) is 5.91. The van der Waals surface area contributed by atoms with Crippen molar-refractivity contribution in [3.05, 3.63) is 58.9 Å². The molecule has 178 valence electrons. The van der Waals surface area contributed by atoms with Gasteiger partial charge in [-0.25, -0.2) is 9.18 Å². The van der Waals surface area contributed by atoms with Crippen LogP contribution in [0.5, 0.6) is 0 Å². The monoisotopic (exact) mass is 467 g/mol. The Morgan fingerprint density at radius 3 is 2.88 bits per heavy atom. The summed E-state index contributed by atoms with van der Waals surface area (Å²) in [7, 11) is 1.53. The van der Waals surface area contributed by atoms with Crippen LogP contribution >= 0.6 is 0 Å². The molecule has 2 heterocycles. The van der Waals surface area contributed by atoms with Gasteiger partial charge in [0.25, 0.3) is 5.91 Å². The van der Waals surface area contributed by atoms with Crippen molar-refractivity contribution in [1.29, 1.82) is 5.26 Å². The molecular formula is C25H26FN3O5.